The second-order valence-electron chi connectivity index (χ2n) is 8.76. The third-order valence-electron chi connectivity index (χ3n) is 6.84. The summed E-state index contributed by atoms with van der Waals surface area (Å²) in [5.41, 5.74) is 2.18. The van der Waals surface area contributed by atoms with Gasteiger partial charge in [0, 0.05) is 5.02 Å². The van der Waals surface area contributed by atoms with Gasteiger partial charge in [0.2, 0.25) is 17.8 Å². The highest BCUT2D eigenvalue weighted by Crippen LogP contribution is 2.41. The third-order valence-corrected chi connectivity index (χ3v) is 7.09. The number of hydrogen-bond acceptors (Lipinski definition) is 5. The first-order valence-corrected chi connectivity index (χ1v) is 11.5. The van der Waals surface area contributed by atoms with Gasteiger partial charge in [-0.2, -0.15) is 4.98 Å². The van der Waals surface area contributed by atoms with Gasteiger partial charge >= 0.3 is 0 Å². The van der Waals surface area contributed by atoms with Gasteiger partial charge in [-0.3, -0.25) is 9.59 Å². The number of fused-ring (bicyclic) bond motifs is 2. The van der Waals surface area contributed by atoms with Crippen molar-refractivity contribution in [3.8, 4) is 0 Å². The molecule has 3 aromatic rings. The Morgan fingerprint density at radius 2 is 1.55 bits per heavy atom. The second-order valence-corrected chi connectivity index (χ2v) is 9.19. The van der Waals surface area contributed by atoms with E-state index in [2.05, 4.69) is 27.5 Å². The van der Waals surface area contributed by atoms with Crippen LogP contribution in [0.2, 0.25) is 5.02 Å². The van der Waals surface area contributed by atoms with Crippen LogP contribution in [0.15, 0.2) is 66.7 Å². The van der Waals surface area contributed by atoms with Gasteiger partial charge in [0.1, 0.15) is 0 Å². The minimum atomic E-state index is -0.317. The van der Waals surface area contributed by atoms with Crippen molar-refractivity contribution in [3.05, 3.63) is 82.9 Å². The fourth-order valence-electron chi connectivity index (χ4n) is 5.12. The Balaban J connectivity index is 1.40. The Hall–Kier alpha value is -3.45. The van der Waals surface area contributed by atoms with E-state index < -0.39 is 0 Å². The molecule has 2 amide bonds. The van der Waals surface area contributed by atoms with Crippen LogP contribution in [0.25, 0.3) is 0 Å². The minimum absolute atomic E-state index is 0.0196. The molecule has 0 bridgehead atoms. The molecule has 1 saturated heterocycles. The molecule has 0 unspecified atom stereocenters. The predicted molar refractivity (Wildman–Crippen MR) is 125 cm³/mol. The molecule has 3 heterocycles. The predicted octanol–water partition coefficient (Wildman–Crippen LogP) is 4.53. The molecule has 0 saturated carbocycles. The number of nitrogens with one attached hydrogen (secondary N) is 1. The summed E-state index contributed by atoms with van der Waals surface area (Å²) in [6, 6.07) is 17.7. The summed E-state index contributed by atoms with van der Waals surface area (Å²) in [6.45, 7) is 0. The number of allylic oxidation sites excluding steroid dienone is 2. The molecule has 7 nitrogen and oxygen atoms in total. The number of halogens is 1. The normalized spacial score (nSPS) is 26.2. The molecule has 33 heavy (non-hydrogen) atoms. The number of hydrogen-bond donors (Lipinski definition) is 1. The zero-order valence-electron chi connectivity index (χ0n) is 17.8. The van der Waals surface area contributed by atoms with Crippen LogP contribution >= 0.6 is 11.6 Å². The standard InChI is InChI=1S/C25H22ClN5O2/c26-17-12-10-15(11-13-17)20-14-21(16-6-2-1-3-7-16)31-24(27-20)28-25(29-31)30-22(32)18-8-4-5-9-19(18)23(30)33/h1-7,10-13,18-21H,8-9,14H2,(H,27,28,29)/t18-,19+,20-,21+/m0/s1. The number of amides is 2. The van der Waals surface area contributed by atoms with Gasteiger partial charge in [-0.1, -0.05) is 66.2 Å². The zero-order valence-corrected chi connectivity index (χ0v) is 18.5. The van der Waals surface area contributed by atoms with Crippen LogP contribution in [0.5, 0.6) is 0 Å². The van der Waals surface area contributed by atoms with E-state index in [1.165, 1.54) is 4.90 Å². The van der Waals surface area contributed by atoms with E-state index in [0.29, 0.717) is 23.8 Å². The van der Waals surface area contributed by atoms with Gasteiger partial charge in [0.05, 0.1) is 23.9 Å². The Labute approximate surface area is 196 Å². The molecule has 0 spiro atoms. The van der Waals surface area contributed by atoms with Crippen LogP contribution in [0.1, 0.15) is 42.5 Å². The zero-order chi connectivity index (χ0) is 22.5. The molecule has 3 aliphatic rings. The first-order valence-electron chi connectivity index (χ1n) is 11.2. The Kier molecular flexibility index (Phi) is 4.80. The lowest BCUT2D eigenvalue weighted by Gasteiger charge is -2.31. The van der Waals surface area contributed by atoms with Crippen molar-refractivity contribution in [2.24, 2.45) is 11.8 Å². The highest BCUT2D eigenvalue weighted by atomic mass is 35.5. The van der Waals surface area contributed by atoms with Gasteiger partial charge in [-0.25, -0.2) is 9.58 Å². The van der Waals surface area contributed by atoms with Gasteiger partial charge in [0.25, 0.3) is 5.95 Å². The summed E-state index contributed by atoms with van der Waals surface area (Å²) < 4.78 is 1.80. The Bertz CT molecular complexity index is 1230. The quantitative estimate of drug-likeness (QED) is 0.459. The van der Waals surface area contributed by atoms with Crippen molar-refractivity contribution >= 4 is 35.3 Å². The number of nitrogens with zero attached hydrogens (tertiary/aromatic N) is 4. The fraction of sp³-hybridized carbons (Fsp3) is 0.280. The monoisotopic (exact) mass is 459 g/mol. The van der Waals surface area contributed by atoms with Crippen molar-refractivity contribution in [3.63, 3.8) is 0 Å². The van der Waals surface area contributed by atoms with Crippen molar-refractivity contribution in [2.75, 3.05) is 10.2 Å². The summed E-state index contributed by atoms with van der Waals surface area (Å²) in [7, 11) is 0. The van der Waals surface area contributed by atoms with Crippen LogP contribution < -0.4 is 10.2 Å². The van der Waals surface area contributed by atoms with E-state index in [9.17, 15) is 9.59 Å². The first-order chi connectivity index (χ1) is 16.1. The van der Waals surface area contributed by atoms with E-state index in [0.717, 1.165) is 17.5 Å². The lowest BCUT2D eigenvalue weighted by molar-refractivity contribution is -0.122. The van der Waals surface area contributed by atoms with Crippen LogP contribution in [-0.2, 0) is 9.59 Å². The van der Waals surface area contributed by atoms with E-state index in [4.69, 9.17) is 11.6 Å². The molecule has 1 N–H and O–H groups in total. The van der Waals surface area contributed by atoms with Crippen LogP contribution in [0.4, 0.5) is 11.9 Å². The highest BCUT2D eigenvalue weighted by molar-refractivity contribution is 6.30. The Morgan fingerprint density at radius 3 is 2.21 bits per heavy atom. The summed E-state index contributed by atoms with van der Waals surface area (Å²) in [6.07, 6.45) is 5.86. The van der Waals surface area contributed by atoms with Gasteiger partial charge in [0.15, 0.2) is 0 Å². The minimum Gasteiger partial charge on any atom is -0.347 e. The van der Waals surface area contributed by atoms with E-state index in [1.807, 2.05) is 54.6 Å². The van der Waals surface area contributed by atoms with Crippen molar-refractivity contribution < 1.29 is 9.59 Å². The van der Waals surface area contributed by atoms with Crippen molar-refractivity contribution in [1.82, 2.24) is 14.8 Å². The Morgan fingerprint density at radius 1 is 0.879 bits per heavy atom. The lowest BCUT2D eigenvalue weighted by atomic mass is 9.85. The third kappa shape index (κ3) is 3.35. The SMILES string of the molecule is O=C1[C@H]2CC=CC[C@H]2C(=O)N1c1nc2n(n1)[C@@H](c1ccccc1)C[C@@H](c1ccc(Cl)cc1)N2. The van der Waals surface area contributed by atoms with E-state index in [-0.39, 0.29) is 41.7 Å². The second kappa shape index (κ2) is 7.85. The number of aromatic nitrogens is 3. The topological polar surface area (TPSA) is 80.1 Å². The van der Waals surface area contributed by atoms with Crippen molar-refractivity contribution in [2.45, 2.75) is 31.3 Å². The fourth-order valence-corrected chi connectivity index (χ4v) is 5.25. The molecular weight excluding hydrogens is 438 g/mol. The molecule has 4 atom stereocenters. The van der Waals surface area contributed by atoms with Crippen molar-refractivity contribution in [1.29, 1.82) is 0 Å². The smallest absolute Gasteiger partial charge is 0.260 e. The number of anilines is 2. The van der Waals surface area contributed by atoms with Gasteiger partial charge in [-0.15, -0.1) is 5.10 Å². The number of carbonyl (C=O) groups excluding carboxylic acids is 2. The molecule has 1 aliphatic carbocycles. The molecule has 1 fully saturated rings. The number of carbonyl (C=O) groups is 2. The highest BCUT2D eigenvalue weighted by Gasteiger charge is 2.49. The summed E-state index contributed by atoms with van der Waals surface area (Å²) in [5.74, 6) is -0.352. The first kappa shape index (κ1) is 20.2. The number of rotatable bonds is 3. The maximum absolute atomic E-state index is 13.1. The summed E-state index contributed by atoms with van der Waals surface area (Å²) in [4.78, 5) is 32.0. The molecule has 1 aromatic heterocycles. The largest absolute Gasteiger partial charge is 0.347 e. The number of benzene rings is 2. The summed E-state index contributed by atoms with van der Waals surface area (Å²) >= 11 is 6.09. The van der Waals surface area contributed by atoms with Crippen LogP contribution in [0.3, 0.4) is 0 Å². The molecular formula is C25H22ClN5O2. The van der Waals surface area contributed by atoms with Crippen LogP contribution in [-0.4, -0.2) is 26.6 Å². The average molecular weight is 460 g/mol. The molecule has 6 rings (SSSR count). The maximum atomic E-state index is 13.1. The average Bonchev–Trinajstić information content (AvgIpc) is 3.38. The molecule has 8 heteroatoms. The molecule has 2 aromatic carbocycles. The summed E-state index contributed by atoms with van der Waals surface area (Å²) in [5, 5.41) is 8.81. The van der Waals surface area contributed by atoms with E-state index in [1.54, 1.807) is 4.68 Å². The van der Waals surface area contributed by atoms with Gasteiger partial charge < -0.3 is 5.32 Å². The molecule has 166 valence electrons. The van der Waals surface area contributed by atoms with Gasteiger partial charge in [-0.05, 0) is 42.5 Å². The van der Waals surface area contributed by atoms with E-state index >= 15 is 0 Å². The maximum Gasteiger partial charge on any atom is 0.260 e. The molecule has 0 radical (unpaired) electrons. The number of imide groups is 1. The van der Waals surface area contributed by atoms with Crippen LogP contribution in [0, 0.1) is 11.8 Å². The molecule has 2 aliphatic heterocycles. The lowest BCUT2D eigenvalue weighted by Crippen LogP contribution is -2.32.